The van der Waals surface area contributed by atoms with Gasteiger partial charge in [-0.3, -0.25) is 0 Å². The van der Waals surface area contributed by atoms with E-state index in [9.17, 15) is 0 Å². The number of halogens is 1. The molecule has 2 N–H and O–H groups in total. The molecule has 3 nitrogen and oxygen atoms in total. The van der Waals surface area contributed by atoms with E-state index in [-0.39, 0.29) is 0 Å². The topological polar surface area (TPSA) is 42.2 Å². The zero-order chi connectivity index (χ0) is 12.3. The van der Waals surface area contributed by atoms with Crippen molar-refractivity contribution >= 4 is 32.4 Å². The number of rotatable bonds is 4. The SMILES string of the molecule is CN(Cc1ccc(Br)cc1)c1ncc(CN)s1. The summed E-state index contributed by atoms with van der Waals surface area (Å²) in [7, 11) is 2.04. The maximum atomic E-state index is 5.58. The van der Waals surface area contributed by atoms with Crippen molar-refractivity contribution in [2.45, 2.75) is 13.1 Å². The normalized spacial score (nSPS) is 10.5. The highest BCUT2D eigenvalue weighted by molar-refractivity contribution is 9.10. The zero-order valence-corrected chi connectivity index (χ0v) is 12.0. The highest BCUT2D eigenvalue weighted by Gasteiger charge is 2.06. The molecule has 0 atom stereocenters. The molecule has 1 aromatic carbocycles. The predicted octanol–water partition coefficient (Wildman–Crippen LogP) is 3.00. The van der Waals surface area contributed by atoms with Gasteiger partial charge in [0.05, 0.1) is 0 Å². The minimum absolute atomic E-state index is 0.559. The summed E-state index contributed by atoms with van der Waals surface area (Å²) in [5.41, 5.74) is 6.84. The lowest BCUT2D eigenvalue weighted by Gasteiger charge is -2.15. The van der Waals surface area contributed by atoms with Gasteiger partial charge in [0.1, 0.15) is 0 Å². The van der Waals surface area contributed by atoms with Gasteiger partial charge in [-0.25, -0.2) is 4.98 Å². The van der Waals surface area contributed by atoms with Crippen LogP contribution < -0.4 is 10.6 Å². The highest BCUT2D eigenvalue weighted by atomic mass is 79.9. The standard InChI is InChI=1S/C12H14BrN3S/c1-16(12-15-7-11(6-14)17-12)8-9-2-4-10(13)5-3-9/h2-5,7H,6,8,14H2,1H3. The van der Waals surface area contributed by atoms with Crippen molar-refractivity contribution in [3.05, 3.63) is 45.4 Å². The Labute approximate surface area is 113 Å². The number of nitrogens with zero attached hydrogens (tertiary/aromatic N) is 2. The van der Waals surface area contributed by atoms with Crippen LogP contribution in [0.15, 0.2) is 34.9 Å². The minimum atomic E-state index is 0.559. The Morgan fingerprint density at radius 2 is 2.06 bits per heavy atom. The van der Waals surface area contributed by atoms with Crippen molar-refractivity contribution in [2.75, 3.05) is 11.9 Å². The number of benzene rings is 1. The second-order valence-electron chi connectivity index (χ2n) is 3.80. The Bertz CT molecular complexity index is 481. The third-order valence-corrected chi connectivity index (χ3v) is 4.06. The Morgan fingerprint density at radius 3 is 2.65 bits per heavy atom. The van der Waals surface area contributed by atoms with Crippen molar-refractivity contribution < 1.29 is 0 Å². The van der Waals surface area contributed by atoms with Crippen molar-refractivity contribution in [3.63, 3.8) is 0 Å². The summed E-state index contributed by atoms with van der Waals surface area (Å²) >= 11 is 5.08. The van der Waals surface area contributed by atoms with Crippen molar-refractivity contribution in [1.29, 1.82) is 0 Å². The largest absolute Gasteiger partial charge is 0.347 e. The molecule has 0 saturated carbocycles. The molecule has 2 rings (SSSR count). The molecule has 0 aliphatic carbocycles. The van der Waals surface area contributed by atoms with E-state index in [1.165, 1.54) is 5.56 Å². The van der Waals surface area contributed by atoms with E-state index in [1.807, 2.05) is 13.2 Å². The average molecular weight is 312 g/mol. The average Bonchev–Trinajstić information content (AvgIpc) is 2.81. The molecule has 1 heterocycles. The van der Waals surface area contributed by atoms with E-state index in [0.717, 1.165) is 21.0 Å². The summed E-state index contributed by atoms with van der Waals surface area (Å²) in [5.74, 6) is 0. The van der Waals surface area contributed by atoms with Crippen molar-refractivity contribution in [2.24, 2.45) is 5.73 Å². The van der Waals surface area contributed by atoms with Crippen LogP contribution in [-0.4, -0.2) is 12.0 Å². The van der Waals surface area contributed by atoms with E-state index >= 15 is 0 Å². The Kier molecular flexibility index (Phi) is 4.15. The first-order valence-electron chi connectivity index (χ1n) is 5.29. The molecule has 0 saturated heterocycles. The summed E-state index contributed by atoms with van der Waals surface area (Å²) in [6.07, 6.45) is 1.85. The summed E-state index contributed by atoms with van der Waals surface area (Å²) in [4.78, 5) is 7.60. The molecule has 0 fully saturated rings. The van der Waals surface area contributed by atoms with Crippen LogP contribution in [0.2, 0.25) is 0 Å². The van der Waals surface area contributed by atoms with Gasteiger partial charge < -0.3 is 10.6 Å². The second-order valence-corrected chi connectivity index (χ2v) is 5.81. The molecule has 90 valence electrons. The van der Waals surface area contributed by atoms with Crippen LogP contribution in [0.3, 0.4) is 0 Å². The van der Waals surface area contributed by atoms with Gasteiger partial charge >= 0.3 is 0 Å². The minimum Gasteiger partial charge on any atom is -0.347 e. The lowest BCUT2D eigenvalue weighted by atomic mass is 10.2. The predicted molar refractivity (Wildman–Crippen MR) is 76.3 cm³/mol. The number of nitrogens with two attached hydrogens (primary N) is 1. The first-order valence-corrected chi connectivity index (χ1v) is 6.90. The fourth-order valence-corrected chi connectivity index (χ4v) is 2.51. The Hall–Kier alpha value is -0.910. The number of aromatic nitrogens is 1. The van der Waals surface area contributed by atoms with E-state index < -0.39 is 0 Å². The van der Waals surface area contributed by atoms with Gasteiger partial charge in [-0.2, -0.15) is 0 Å². The molecule has 0 aliphatic rings. The molecule has 0 spiro atoms. The first-order chi connectivity index (χ1) is 8.19. The third-order valence-electron chi connectivity index (χ3n) is 2.40. The summed E-state index contributed by atoms with van der Waals surface area (Å²) in [6.45, 7) is 1.41. The molecule has 5 heteroatoms. The fraction of sp³-hybridized carbons (Fsp3) is 0.250. The van der Waals surface area contributed by atoms with Crippen LogP contribution in [0, 0.1) is 0 Å². The van der Waals surface area contributed by atoms with Crippen LogP contribution in [0.1, 0.15) is 10.4 Å². The maximum Gasteiger partial charge on any atom is 0.185 e. The Balaban J connectivity index is 2.05. The van der Waals surface area contributed by atoms with Crippen LogP contribution in [0.4, 0.5) is 5.13 Å². The van der Waals surface area contributed by atoms with Crippen LogP contribution >= 0.6 is 27.3 Å². The van der Waals surface area contributed by atoms with Gasteiger partial charge in [-0.15, -0.1) is 11.3 Å². The molecule has 2 aromatic rings. The third kappa shape index (κ3) is 3.28. The number of thiazole rings is 1. The first kappa shape index (κ1) is 12.5. The van der Waals surface area contributed by atoms with Gasteiger partial charge in [0, 0.05) is 35.7 Å². The van der Waals surface area contributed by atoms with E-state index in [0.29, 0.717) is 6.54 Å². The number of hydrogen-bond donors (Lipinski definition) is 1. The van der Waals surface area contributed by atoms with E-state index in [4.69, 9.17) is 5.73 Å². The molecule has 0 unspecified atom stereocenters. The van der Waals surface area contributed by atoms with Gasteiger partial charge in [-0.1, -0.05) is 28.1 Å². The molecule has 0 aliphatic heterocycles. The lowest BCUT2D eigenvalue weighted by Crippen LogP contribution is -2.15. The van der Waals surface area contributed by atoms with Crippen LogP contribution in [0.5, 0.6) is 0 Å². The molecule has 0 amide bonds. The van der Waals surface area contributed by atoms with E-state index in [1.54, 1.807) is 11.3 Å². The van der Waals surface area contributed by atoms with Crippen molar-refractivity contribution in [3.8, 4) is 0 Å². The van der Waals surface area contributed by atoms with Crippen LogP contribution in [-0.2, 0) is 13.1 Å². The monoisotopic (exact) mass is 311 g/mol. The zero-order valence-electron chi connectivity index (χ0n) is 9.56. The molecular formula is C12H14BrN3S. The Morgan fingerprint density at radius 1 is 1.35 bits per heavy atom. The summed E-state index contributed by atoms with van der Waals surface area (Å²) in [5, 5.41) is 1.01. The van der Waals surface area contributed by atoms with Crippen LogP contribution in [0.25, 0.3) is 0 Å². The molecule has 0 radical (unpaired) electrons. The van der Waals surface area contributed by atoms with E-state index in [2.05, 4.69) is 50.1 Å². The van der Waals surface area contributed by atoms with Gasteiger partial charge in [0.2, 0.25) is 0 Å². The second kappa shape index (κ2) is 5.62. The van der Waals surface area contributed by atoms with Gasteiger partial charge in [0.25, 0.3) is 0 Å². The van der Waals surface area contributed by atoms with Gasteiger partial charge in [-0.05, 0) is 17.7 Å². The molecule has 1 aromatic heterocycles. The molecule has 0 bridgehead atoms. The smallest absolute Gasteiger partial charge is 0.185 e. The maximum absolute atomic E-state index is 5.58. The molecular weight excluding hydrogens is 298 g/mol. The fourth-order valence-electron chi connectivity index (χ4n) is 1.50. The summed E-state index contributed by atoms with van der Waals surface area (Å²) < 4.78 is 1.10. The van der Waals surface area contributed by atoms with Gasteiger partial charge in [0.15, 0.2) is 5.13 Å². The molecule has 17 heavy (non-hydrogen) atoms. The number of anilines is 1. The lowest BCUT2D eigenvalue weighted by molar-refractivity contribution is 0.914. The summed E-state index contributed by atoms with van der Waals surface area (Å²) in [6, 6.07) is 8.32. The highest BCUT2D eigenvalue weighted by Crippen LogP contribution is 2.22. The van der Waals surface area contributed by atoms with Crippen molar-refractivity contribution in [1.82, 2.24) is 4.98 Å². The quantitative estimate of drug-likeness (QED) is 0.944. The number of hydrogen-bond acceptors (Lipinski definition) is 4.